The summed E-state index contributed by atoms with van der Waals surface area (Å²) in [5, 5.41) is 16.9. The van der Waals surface area contributed by atoms with E-state index in [0.717, 1.165) is 0 Å². The molecule has 32 heavy (non-hydrogen) atoms. The van der Waals surface area contributed by atoms with Gasteiger partial charge >= 0.3 is 5.97 Å². The highest BCUT2D eigenvalue weighted by atomic mass is 32.2. The summed E-state index contributed by atoms with van der Waals surface area (Å²) in [6, 6.07) is -4.27. The molecular formula is C19H35N5O6S2. The number of thioether (sulfide) groups is 2. The van der Waals surface area contributed by atoms with Gasteiger partial charge in [0.25, 0.3) is 0 Å². The van der Waals surface area contributed by atoms with Crippen molar-refractivity contribution in [2.75, 3.05) is 24.0 Å². The number of nitrogens with one attached hydrogen (secondary N) is 3. The highest BCUT2D eigenvalue weighted by Crippen LogP contribution is 2.08. The van der Waals surface area contributed by atoms with Crippen molar-refractivity contribution in [3.63, 3.8) is 0 Å². The molecule has 0 fully saturated rings. The van der Waals surface area contributed by atoms with Crippen LogP contribution < -0.4 is 27.4 Å². The number of nitrogens with two attached hydrogens (primary N) is 2. The topological polar surface area (TPSA) is 194 Å². The average Bonchev–Trinajstić information content (AvgIpc) is 2.70. The van der Waals surface area contributed by atoms with Gasteiger partial charge in [0, 0.05) is 0 Å². The van der Waals surface area contributed by atoms with Gasteiger partial charge in [-0.15, -0.1) is 0 Å². The molecule has 0 aliphatic rings. The summed E-state index contributed by atoms with van der Waals surface area (Å²) in [5.41, 5.74) is 10.7. The van der Waals surface area contributed by atoms with Crippen LogP contribution in [0.25, 0.3) is 0 Å². The molecule has 0 aliphatic heterocycles. The minimum absolute atomic E-state index is 0.267. The maximum Gasteiger partial charge on any atom is 0.326 e. The van der Waals surface area contributed by atoms with E-state index in [1.165, 1.54) is 23.5 Å². The molecule has 0 aromatic heterocycles. The highest BCUT2D eigenvalue weighted by Gasteiger charge is 2.31. The molecule has 13 heteroatoms. The number of hydrogen-bond acceptors (Lipinski definition) is 8. The lowest BCUT2D eigenvalue weighted by atomic mass is 10.0. The Morgan fingerprint density at radius 2 is 1.28 bits per heavy atom. The lowest BCUT2D eigenvalue weighted by Crippen LogP contribution is -2.58. The van der Waals surface area contributed by atoms with Crippen molar-refractivity contribution in [2.24, 2.45) is 17.4 Å². The zero-order chi connectivity index (χ0) is 24.8. The van der Waals surface area contributed by atoms with E-state index in [-0.39, 0.29) is 25.2 Å². The monoisotopic (exact) mass is 493 g/mol. The fraction of sp³-hybridized carbons (Fsp3) is 0.737. The van der Waals surface area contributed by atoms with Crippen molar-refractivity contribution in [3.8, 4) is 0 Å². The minimum Gasteiger partial charge on any atom is -0.480 e. The smallest absolute Gasteiger partial charge is 0.326 e. The molecule has 0 radical (unpaired) electrons. The molecule has 4 unspecified atom stereocenters. The van der Waals surface area contributed by atoms with Gasteiger partial charge in [0.15, 0.2) is 0 Å². The van der Waals surface area contributed by atoms with Crippen LogP contribution in [0.4, 0.5) is 0 Å². The predicted octanol–water partition coefficient (Wildman–Crippen LogP) is -1.11. The maximum atomic E-state index is 12.9. The van der Waals surface area contributed by atoms with Gasteiger partial charge in [-0.05, 0) is 42.8 Å². The van der Waals surface area contributed by atoms with E-state index in [2.05, 4.69) is 16.0 Å². The van der Waals surface area contributed by atoms with Crippen molar-refractivity contribution in [2.45, 2.75) is 57.3 Å². The van der Waals surface area contributed by atoms with Crippen LogP contribution in [0.5, 0.6) is 0 Å². The third-order valence-electron chi connectivity index (χ3n) is 4.48. The first-order valence-electron chi connectivity index (χ1n) is 10.1. The highest BCUT2D eigenvalue weighted by molar-refractivity contribution is 7.98. The molecule has 0 saturated carbocycles. The Morgan fingerprint density at radius 3 is 1.66 bits per heavy atom. The Kier molecular flexibility index (Phi) is 14.8. The van der Waals surface area contributed by atoms with Crippen molar-refractivity contribution in [3.05, 3.63) is 0 Å². The van der Waals surface area contributed by atoms with Crippen molar-refractivity contribution in [1.82, 2.24) is 16.0 Å². The van der Waals surface area contributed by atoms with Crippen LogP contribution in [0.2, 0.25) is 0 Å². The lowest BCUT2D eigenvalue weighted by molar-refractivity contribution is -0.143. The van der Waals surface area contributed by atoms with Gasteiger partial charge in [-0.3, -0.25) is 19.2 Å². The fourth-order valence-electron chi connectivity index (χ4n) is 2.64. The Morgan fingerprint density at radius 1 is 0.844 bits per heavy atom. The van der Waals surface area contributed by atoms with Crippen molar-refractivity contribution >= 4 is 53.1 Å². The normalized spacial score (nSPS) is 14.7. The van der Waals surface area contributed by atoms with Crippen LogP contribution in [-0.2, 0) is 24.0 Å². The number of hydrogen-bond donors (Lipinski definition) is 6. The Labute approximate surface area is 196 Å². The molecule has 0 saturated heterocycles. The molecule has 0 aromatic rings. The number of carbonyl (C=O) groups excluding carboxylic acids is 4. The van der Waals surface area contributed by atoms with Gasteiger partial charge in [0.2, 0.25) is 23.6 Å². The molecule has 0 rings (SSSR count). The number of amides is 4. The van der Waals surface area contributed by atoms with Gasteiger partial charge in [-0.2, -0.15) is 23.5 Å². The second-order valence-corrected chi connectivity index (χ2v) is 9.50. The van der Waals surface area contributed by atoms with Gasteiger partial charge in [0.1, 0.15) is 18.1 Å². The summed E-state index contributed by atoms with van der Waals surface area (Å²) in [4.78, 5) is 60.3. The van der Waals surface area contributed by atoms with Crippen LogP contribution in [0.15, 0.2) is 0 Å². The van der Waals surface area contributed by atoms with Crippen LogP contribution in [0.1, 0.15) is 33.1 Å². The molecule has 8 N–H and O–H groups in total. The SMILES string of the molecule is CSCCC(NC(=O)C(N)CC(N)=O)C(=O)NC(CCSC)C(=O)NC(C(=O)O)C(C)C. The van der Waals surface area contributed by atoms with Crippen LogP contribution in [-0.4, -0.2) is 82.9 Å². The average molecular weight is 494 g/mol. The second kappa shape index (κ2) is 15.8. The van der Waals surface area contributed by atoms with Crippen LogP contribution >= 0.6 is 23.5 Å². The van der Waals surface area contributed by atoms with E-state index < -0.39 is 53.8 Å². The molecule has 4 atom stereocenters. The minimum atomic E-state index is -1.20. The fourth-order valence-corrected chi connectivity index (χ4v) is 3.58. The number of carboxylic acid groups (broad SMARTS) is 1. The third kappa shape index (κ3) is 11.6. The third-order valence-corrected chi connectivity index (χ3v) is 5.76. The molecule has 0 aromatic carbocycles. The molecule has 184 valence electrons. The first-order chi connectivity index (χ1) is 14.9. The zero-order valence-electron chi connectivity index (χ0n) is 18.9. The van der Waals surface area contributed by atoms with Gasteiger partial charge in [-0.25, -0.2) is 4.79 Å². The predicted molar refractivity (Wildman–Crippen MR) is 126 cm³/mol. The molecule has 0 bridgehead atoms. The maximum absolute atomic E-state index is 12.9. The summed E-state index contributed by atoms with van der Waals surface area (Å²) in [6.45, 7) is 3.33. The first kappa shape index (κ1) is 30.0. The number of aliphatic carboxylic acids is 1. The molecule has 0 spiro atoms. The standard InChI is InChI=1S/C19H35N5O6S2/c1-10(2)15(19(29)30)24-18(28)13(6-8-32-4)23-17(27)12(5-7-31-3)22-16(26)11(20)9-14(21)25/h10-13,15H,5-9,20H2,1-4H3,(H2,21,25)(H,22,26)(H,23,27)(H,24,28)(H,29,30). The van der Waals surface area contributed by atoms with Crippen molar-refractivity contribution in [1.29, 1.82) is 0 Å². The summed E-state index contributed by atoms with van der Waals surface area (Å²) >= 11 is 2.93. The number of primary amides is 1. The van der Waals surface area contributed by atoms with Gasteiger partial charge in [0.05, 0.1) is 12.5 Å². The van der Waals surface area contributed by atoms with Crippen molar-refractivity contribution < 1.29 is 29.1 Å². The molecule has 4 amide bonds. The summed E-state index contributed by atoms with van der Waals surface area (Å²) in [5.74, 6) is -3.11. The van der Waals surface area contributed by atoms with E-state index >= 15 is 0 Å². The Hall–Kier alpha value is -1.99. The second-order valence-electron chi connectivity index (χ2n) is 7.53. The summed E-state index contributed by atoms with van der Waals surface area (Å²) in [6.07, 6.45) is 3.85. The van der Waals surface area contributed by atoms with Gasteiger partial charge < -0.3 is 32.5 Å². The largest absolute Gasteiger partial charge is 0.480 e. The number of carboxylic acids is 1. The van der Waals surface area contributed by atoms with Gasteiger partial charge in [-0.1, -0.05) is 13.8 Å². The summed E-state index contributed by atoms with van der Waals surface area (Å²) < 4.78 is 0. The van der Waals surface area contributed by atoms with E-state index in [1.54, 1.807) is 13.8 Å². The molecule has 0 aliphatic carbocycles. The summed E-state index contributed by atoms with van der Waals surface area (Å²) in [7, 11) is 0. The van der Waals surface area contributed by atoms with Crippen LogP contribution in [0.3, 0.4) is 0 Å². The first-order valence-corrected chi connectivity index (χ1v) is 12.9. The Bertz CT molecular complexity index is 664. The van der Waals surface area contributed by atoms with E-state index in [4.69, 9.17) is 11.5 Å². The van der Waals surface area contributed by atoms with Crippen LogP contribution in [0, 0.1) is 5.92 Å². The molecule has 0 heterocycles. The van der Waals surface area contributed by atoms with E-state index in [9.17, 15) is 29.1 Å². The number of rotatable bonds is 16. The quantitative estimate of drug-likeness (QED) is 0.155. The molecule has 11 nitrogen and oxygen atoms in total. The zero-order valence-corrected chi connectivity index (χ0v) is 20.5. The lowest BCUT2D eigenvalue weighted by Gasteiger charge is -2.26. The van der Waals surface area contributed by atoms with E-state index in [1.807, 2.05) is 12.5 Å². The number of carbonyl (C=O) groups is 5. The Balaban J connectivity index is 5.41. The van der Waals surface area contributed by atoms with E-state index in [0.29, 0.717) is 11.5 Å². The molecular weight excluding hydrogens is 458 g/mol.